The second-order valence-electron chi connectivity index (χ2n) is 9.94. The van der Waals surface area contributed by atoms with E-state index >= 15 is 0 Å². The molecule has 7 nitrogen and oxygen atoms in total. The summed E-state index contributed by atoms with van der Waals surface area (Å²) in [7, 11) is 0. The number of amides is 3. The van der Waals surface area contributed by atoms with Crippen LogP contribution in [0, 0.1) is 0 Å². The number of benzene rings is 4. The Morgan fingerprint density at radius 1 is 0.891 bits per heavy atom. The minimum atomic E-state index is -0.486. The third kappa shape index (κ3) is 8.86. The van der Waals surface area contributed by atoms with Crippen molar-refractivity contribution in [2.24, 2.45) is 0 Å². The lowest BCUT2D eigenvalue weighted by atomic mass is 10.1. The number of nitrogens with zero attached hydrogens (tertiary/aromatic N) is 1. The average Bonchev–Trinajstić information content (AvgIpc) is 3.52. The zero-order valence-corrected chi connectivity index (χ0v) is 27.6. The molecule has 1 heterocycles. The molecule has 0 saturated carbocycles. The van der Waals surface area contributed by atoms with Crippen LogP contribution >= 0.6 is 46.3 Å². The Bertz CT molecular complexity index is 1880. The van der Waals surface area contributed by atoms with Crippen molar-refractivity contribution >= 4 is 80.9 Å². The van der Waals surface area contributed by atoms with Gasteiger partial charge in [0.05, 0.1) is 16.0 Å². The monoisotopic (exact) mass is 686 g/mol. The van der Waals surface area contributed by atoms with Crippen LogP contribution in [0.5, 0.6) is 0 Å². The first-order valence-corrected chi connectivity index (χ1v) is 16.7. The predicted molar refractivity (Wildman–Crippen MR) is 190 cm³/mol. The molecule has 1 unspecified atom stereocenters. The number of thioether (sulfide) groups is 1. The Balaban J connectivity index is 1.26. The summed E-state index contributed by atoms with van der Waals surface area (Å²) in [6, 6.07) is 30.3. The van der Waals surface area contributed by atoms with Gasteiger partial charge in [-0.05, 0) is 66.6 Å². The lowest BCUT2D eigenvalue weighted by Crippen LogP contribution is -2.30. The molecule has 0 fully saturated rings. The SMILES string of the molecule is CCC(Sc1cccc(NC(=O)/C(=C/c2ccccc2)NC(=O)c2ccccc2)c1)C(=O)Nc1nc(-c2ccc(Cl)cc2Cl)cs1. The van der Waals surface area contributed by atoms with Gasteiger partial charge in [-0.25, -0.2) is 4.98 Å². The molecule has 0 aliphatic carbocycles. The molecule has 0 aliphatic heterocycles. The number of nitrogens with one attached hydrogen (secondary N) is 3. The number of carbonyl (C=O) groups excluding carboxylic acids is 3. The summed E-state index contributed by atoms with van der Waals surface area (Å²) >= 11 is 15.0. The summed E-state index contributed by atoms with van der Waals surface area (Å²) in [5, 5.41) is 11.4. The van der Waals surface area contributed by atoms with Crippen molar-refractivity contribution < 1.29 is 14.4 Å². The van der Waals surface area contributed by atoms with Crippen LogP contribution in [0.3, 0.4) is 0 Å². The third-order valence-corrected chi connectivity index (χ3v) is 9.28. The van der Waals surface area contributed by atoms with Crippen molar-refractivity contribution in [1.82, 2.24) is 10.3 Å². The maximum absolute atomic E-state index is 13.4. The number of halogens is 2. The number of anilines is 2. The highest BCUT2D eigenvalue weighted by Gasteiger charge is 2.21. The minimum Gasteiger partial charge on any atom is -0.321 e. The molecule has 232 valence electrons. The van der Waals surface area contributed by atoms with Crippen molar-refractivity contribution in [3.8, 4) is 11.3 Å². The van der Waals surface area contributed by atoms with Gasteiger partial charge in [-0.15, -0.1) is 23.1 Å². The van der Waals surface area contributed by atoms with Gasteiger partial charge in [0.2, 0.25) is 5.91 Å². The smallest absolute Gasteiger partial charge is 0.272 e. The van der Waals surface area contributed by atoms with E-state index in [2.05, 4.69) is 20.9 Å². The second kappa shape index (κ2) is 15.7. The van der Waals surface area contributed by atoms with E-state index in [4.69, 9.17) is 23.2 Å². The van der Waals surface area contributed by atoms with Gasteiger partial charge in [-0.2, -0.15) is 0 Å². The molecular weight excluding hydrogens is 659 g/mol. The zero-order chi connectivity index (χ0) is 32.5. The molecule has 0 aliphatic rings. The van der Waals surface area contributed by atoms with E-state index in [1.807, 2.05) is 54.8 Å². The molecule has 1 aromatic heterocycles. The quantitative estimate of drug-likeness (QED) is 0.0951. The molecule has 0 bridgehead atoms. The lowest BCUT2D eigenvalue weighted by Gasteiger charge is -2.15. The third-order valence-electron chi connectivity index (χ3n) is 6.61. The van der Waals surface area contributed by atoms with Gasteiger partial charge in [0, 0.05) is 32.1 Å². The summed E-state index contributed by atoms with van der Waals surface area (Å²) < 4.78 is 0. The van der Waals surface area contributed by atoms with Crippen LogP contribution in [-0.4, -0.2) is 28.0 Å². The van der Waals surface area contributed by atoms with E-state index in [1.54, 1.807) is 66.7 Å². The molecule has 5 aromatic rings. The van der Waals surface area contributed by atoms with Gasteiger partial charge in [0.1, 0.15) is 5.70 Å². The van der Waals surface area contributed by atoms with E-state index in [9.17, 15) is 14.4 Å². The fourth-order valence-corrected chi connectivity index (χ4v) is 6.56. The van der Waals surface area contributed by atoms with Gasteiger partial charge in [0.15, 0.2) is 5.13 Å². The molecule has 3 amide bonds. The minimum absolute atomic E-state index is 0.0895. The Hall–Kier alpha value is -4.41. The number of hydrogen-bond acceptors (Lipinski definition) is 6. The summed E-state index contributed by atoms with van der Waals surface area (Å²) in [6.45, 7) is 1.93. The van der Waals surface area contributed by atoms with Gasteiger partial charge in [-0.3, -0.25) is 14.4 Å². The largest absolute Gasteiger partial charge is 0.321 e. The predicted octanol–water partition coefficient (Wildman–Crippen LogP) is 9.04. The van der Waals surface area contributed by atoms with Gasteiger partial charge in [-0.1, -0.05) is 84.7 Å². The summed E-state index contributed by atoms with van der Waals surface area (Å²) in [6.07, 6.45) is 2.18. The summed E-state index contributed by atoms with van der Waals surface area (Å²) in [5.74, 6) is -1.08. The zero-order valence-electron chi connectivity index (χ0n) is 24.5. The van der Waals surface area contributed by atoms with Crippen molar-refractivity contribution in [3.63, 3.8) is 0 Å². The molecule has 1 atom stereocenters. The fourth-order valence-electron chi connectivity index (χ4n) is 4.33. The van der Waals surface area contributed by atoms with Crippen LogP contribution in [-0.2, 0) is 9.59 Å². The molecule has 5 rings (SSSR count). The Labute approximate surface area is 285 Å². The van der Waals surface area contributed by atoms with Crippen LogP contribution in [0.4, 0.5) is 10.8 Å². The molecule has 46 heavy (non-hydrogen) atoms. The number of hydrogen-bond donors (Lipinski definition) is 3. The molecule has 0 spiro atoms. The Morgan fingerprint density at radius 2 is 1.63 bits per heavy atom. The highest BCUT2D eigenvalue weighted by molar-refractivity contribution is 8.00. The molecule has 0 radical (unpaired) electrons. The maximum Gasteiger partial charge on any atom is 0.272 e. The molecule has 11 heteroatoms. The van der Waals surface area contributed by atoms with E-state index in [0.717, 1.165) is 16.0 Å². The summed E-state index contributed by atoms with van der Waals surface area (Å²) in [5.41, 5.74) is 3.16. The number of carbonyl (C=O) groups is 3. The van der Waals surface area contributed by atoms with Crippen LogP contribution in [0.2, 0.25) is 10.0 Å². The maximum atomic E-state index is 13.4. The van der Waals surface area contributed by atoms with Crippen LogP contribution in [0.15, 0.2) is 119 Å². The van der Waals surface area contributed by atoms with Crippen molar-refractivity contribution in [1.29, 1.82) is 0 Å². The van der Waals surface area contributed by atoms with E-state index < -0.39 is 17.1 Å². The lowest BCUT2D eigenvalue weighted by molar-refractivity contribution is -0.116. The second-order valence-corrected chi connectivity index (χ2v) is 12.9. The van der Waals surface area contributed by atoms with Crippen molar-refractivity contribution in [3.05, 3.63) is 135 Å². The first-order chi connectivity index (χ1) is 22.3. The van der Waals surface area contributed by atoms with Gasteiger partial charge >= 0.3 is 0 Å². The molecular formula is C35H28Cl2N4O3S2. The van der Waals surface area contributed by atoms with E-state index in [1.165, 1.54) is 23.1 Å². The topological polar surface area (TPSA) is 100 Å². The van der Waals surface area contributed by atoms with E-state index in [0.29, 0.717) is 38.5 Å². The van der Waals surface area contributed by atoms with E-state index in [-0.39, 0.29) is 11.6 Å². The van der Waals surface area contributed by atoms with Gasteiger partial charge < -0.3 is 16.0 Å². The van der Waals surface area contributed by atoms with Gasteiger partial charge in [0.25, 0.3) is 11.8 Å². The normalized spacial score (nSPS) is 11.8. The first-order valence-electron chi connectivity index (χ1n) is 14.2. The van der Waals surface area contributed by atoms with Crippen molar-refractivity contribution in [2.45, 2.75) is 23.5 Å². The summed E-state index contributed by atoms with van der Waals surface area (Å²) in [4.78, 5) is 44.9. The first kappa shape index (κ1) is 33.0. The number of aromatic nitrogens is 1. The number of thiazole rings is 1. The Kier molecular flexibility index (Phi) is 11.3. The average molecular weight is 688 g/mol. The number of rotatable bonds is 11. The molecule has 3 N–H and O–H groups in total. The Morgan fingerprint density at radius 3 is 2.35 bits per heavy atom. The van der Waals surface area contributed by atoms with Crippen molar-refractivity contribution in [2.75, 3.05) is 10.6 Å². The highest BCUT2D eigenvalue weighted by Crippen LogP contribution is 2.33. The van der Waals surface area contributed by atoms with Crippen LogP contribution in [0.1, 0.15) is 29.3 Å². The highest BCUT2D eigenvalue weighted by atomic mass is 35.5. The van der Waals surface area contributed by atoms with Crippen LogP contribution < -0.4 is 16.0 Å². The van der Waals surface area contributed by atoms with Crippen LogP contribution in [0.25, 0.3) is 17.3 Å². The molecule has 4 aromatic carbocycles. The standard InChI is InChI=1S/C35H28Cl2N4O3S2/c1-2-31(34(44)41-35-40-30(21-45-35)27-17-16-24(36)19-28(27)37)46-26-15-9-14-25(20-26)38-33(43)29(18-22-10-5-3-6-11-22)39-32(42)23-12-7-4-8-13-23/h3-21,31H,2H2,1H3,(H,38,43)(H,39,42)(H,40,41,44)/b29-18-. The fraction of sp³-hybridized carbons (Fsp3) is 0.0857. The molecule has 0 saturated heterocycles.